The molecule has 1 aromatic carbocycles. The summed E-state index contributed by atoms with van der Waals surface area (Å²) >= 11 is 1.37. The molecule has 0 bridgehead atoms. The third kappa shape index (κ3) is 4.85. The van der Waals surface area contributed by atoms with Crippen molar-refractivity contribution in [1.29, 1.82) is 0 Å². The molecule has 0 aliphatic carbocycles. The van der Waals surface area contributed by atoms with Crippen molar-refractivity contribution in [3.05, 3.63) is 46.7 Å². The maximum Gasteiger partial charge on any atom is 0.264 e. The molecule has 1 saturated heterocycles. The van der Waals surface area contributed by atoms with E-state index >= 15 is 0 Å². The third-order valence-corrected chi connectivity index (χ3v) is 5.14. The van der Waals surface area contributed by atoms with E-state index in [9.17, 15) is 14.4 Å². The van der Waals surface area contributed by atoms with Gasteiger partial charge in [0.15, 0.2) is 6.61 Å². The van der Waals surface area contributed by atoms with Crippen LogP contribution in [0.2, 0.25) is 0 Å². The molecule has 142 valence electrons. The summed E-state index contributed by atoms with van der Waals surface area (Å²) < 4.78 is 5.25. The number of carbonyl (C=O) groups excluding carboxylic acids is 3. The van der Waals surface area contributed by atoms with Gasteiger partial charge in [-0.2, -0.15) is 0 Å². The average Bonchev–Trinajstić information content (AvgIpc) is 3.21. The van der Waals surface area contributed by atoms with Gasteiger partial charge in [0.2, 0.25) is 5.91 Å². The van der Waals surface area contributed by atoms with Gasteiger partial charge in [-0.05, 0) is 42.8 Å². The minimum atomic E-state index is -0.575. The van der Waals surface area contributed by atoms with Crippen LogP contribution in [0.25, 0.3) is 0 Å². The molecule has 1 atom stereocenters. The van der Waals surface area contributed by atoms with Crippen molar-refractivity contribution >= 4 is 34.7 Å². The van der Waals surface area contributed by atoms with Gasteiger partial charge in [-0.25, -0.2) is 0 Å². The van der Waals surface area contributed by atoms with Crippen molar-refractivity contribution in [2.24, 2.45) is 5.73 Å². The number of primary amides is 1. The Morgan fingerprint density at radius 1 is 1.22 bits per heavy atom. The molecule has 0 spiro atoms. The quantitative estimate of drug-likeness (QED) is 0.794. The summed E-state index contributed by atoms with van der Waals surface area (Å²) in [5.74, 6) is -0.480. The Hall–Kier alpha value is -2.87. The van der Waals surface area contributed by atoms with E-state index in [0.717, 1.165) is 12.8 Å². The topological polar surface area (TPSA) is 102 Å². The molecule has 0 unspecified atom stereocenters. The number of hydrogen-bond acceptors (Lipinski definition) is 5. The molecule has 0 radical (unpaired) electrons. The number of piperidine rings is 1. The molecular formula is C19H21N3O4S. The zero-order chi connectivity index (χ0) is 19.2. The minimum Gasteiger partial charge on any atom is -0.484 e. The second-order valence-corrected chi connectivity index (χ2v) is 7.21. The van der Waals surface area contributed by atoms with Gasteiger partial charge in [-0.15, -0.1) is 11.3 Å². The number of rotatable bonds is 6. The number of thiophene rings is 1. The highest BCUT2D eigenvalue weighted by molar-refractivity contribution is 7.12. The first-order valence-corrected chi connectivity index (χ1v) is 9.59. The van der Waals surface area contributed by atoms with Crippen LogP contribution in [-0.4, -0.2) is 41.8 Å². The zero-order valence-corrected chi connectivity index (χ0v) is 15.5. The van der Waals surface area contributed by atoms with E-state index in [0.29, 0.717) is 29.3 Å². The van der Waals surface area contributed by atoms with Crippen molar-refractivity contribution in [2.75, 3.05) is 18.5 Å². The number of benzene rings is 1. The van der Waals surface area contributed by atoms with Crippen LogP contribution in [0.3, 0.4) is 0 Å². The lowest BCUT2D eigenvalue weighted by atomic mass is 10.0. The smallest absolute Gasteiger partial charge is 0.264 e. The molecule has 27 heavy (non-hydrogen) atoms. The third-order valence-electron chi connectivity index (χ3n) is 4.28. The van der Waals surface area contributed by atoms with Crippen LogP contribution in [-0.2, 0) is 9.59 Å². The second kappa shape index (κ2) is 8.68. The number of anilines is 1. The fourth-order valence-corrected chi connectivity index (χ4v) is 3.71. The maximum atomic E-state index is 12.8. The largest absolute Gasteiger partial charge is 0.484 e. The Bertz CT molecular complexity index is 822. The first-order valence-electron chi connectivity index (χ1n) is 8.71. The summed E-state index contributed by atoms with van der Waals surface area (Å²) in [6, 6.07) is 9.82. The van der Waals surface area contributed by atoms with Gasteiger partial charge < -0.3 is 20.7 Å². The van der Waals surface area contributed by atoms with Crippen molar-refractivity contribution in [3.8, 4) is 5.75 Å². The number of ether oxygens (including phenoxy) is 1. The molecule has 1 aliphatic rings. The lowest BCUT2D eigenvalue weighted by molar-refractivity contribution is -0.121. The number of nitrogens with zero attached hydrogens (tertiary/aromatic N) is 1. The highest BCUT2D eigenvalue weighted by Crippen LogP contribution is 2.24. The van der Waals surface area contributed by atoms with Gasteiger partial charge in [0.1, 0.15) is 11.8 Å². The Morgan fingerprint density at radius 3 is 2.81 bits per heavy atom. The molecule has 0 saturated carbocycles. The summed E-state index contributed by atoms with van der Waals surface area (Å²) in [5.41, 5.74) is 5.61. The van der Waals surface area contributed by atoms with E-state index in [-0.39, 0.29) is 18.4 Å². The SMILES string of the molecule is NC(=O)COc1cccc(NC(=O)[C@@H]2CCCCN2C(=O)c2cccs2)c1. The van der Waals surface area contributed by atoms with Crippen LogP contribution >= 0.6 is 11.3 Å². The Kier molecular flexibility index (Phi) is 6.08. The molecular weight excluding hydrogens is 366 g/mol. The molecule has 1 aromatic heterocycles. The fraction of sp³-hybridized carbons (Fsp3) is 0.316. The van der Waals surface area contributed by atoms with Gasteiger partial charge in [-0.1, -0.05) is 12.1 Å². The van der Waals surface area contributed by atoms with E-state index in [1.807, 2.05) is 11.4 Å². The van der Waals surface area contributed by atoms with Gasteiger partial charge in [-0.3, -0.25) is 14.4 Å². The van der Waals surface area contributed by atoms with Crippen LogP contribution in [0.4, 0.5) is 5.69 Å². The van der Waals surface area contributed by atoms with E-state index in [1.54, 1.807) is 35.2 Å². The fourth-order valence-electron chi connectivity index (χ4n) is 3.03. The van der Waals surface area contributed by atoms with Crippen LogP contribution < -0.4 is 15.8 Å². The van der Waals surface area contributed by atoms with Crippen molar-refractivity contribution in [1.82, 2.24) is 4.90 Å². The van der Waals surface area contributed by atoms with Crippen molar-refractivity contribution in [2.45, 2.75) is 25.3 Å². The van der Waals surface area contributed by atoms with E-state index in [4.69, 9.17) is 10.5 Å². The van der Waals surface area contributed by atoms with Crippen LogP contribution in [0, 0.1) is 0 Å². The summed E-state index contributed by atoms with van der Waals surface area (Å²) in [4.78, 5) is 38.7. The predicted molar refractivity (Wildman–Crippen MR) is 103 cm³/mol. The predicted octanol–water partition coefficient (Wildman–Crippen LogP) is 2.25. The molecule has 3 N–H and O–H groups in total. The Balaban J connectivity index is 1.69. The molecule has 2 heterocycles. The number of hydrogen-bond donors (Lipinski definition) is 2. The number of carbonyl (C=O) groups is 3. The molecule has 8 heteroatoms. The molecule has 2 aromatic rings. The minimum absolute atomic E-state index is 0.108. The van der Waals surface area contributed by atoms with Crippen LogP contribution in [0.5, 0.6) is 5.75 Å². The first kappa shape index (κ1) is 18.9. The molecule has 3 amide bonds. The van der Waals surface area contributed by atoms with Gasteiger partial charge >= 0.3 is 0 Å². The first-order chi connectivity index (χ1) is 13.0. The Morgan fingerprint density at radius 2 is 2.07 bits per heavy atom. The average molecular weight is 387 g/mol. The summed E-state index contributed by atoms with van der Waals surface area (Å²) in [5, 5.41) is 4.70. The maximum absolute atomic E-state index is 12.8. The van der Waals surface area contributed by atoms with Gasteiger partial charge in [0.25, 0.3) is 11.8 Å². The van der Waals surface area contributed by atoms with Gasteiger partial charge in [0, 0.05) is 18.3 Å². The summed E-state index contributed by atoms with van der Waals surface area (Å²) in [7, 11) is 0. The van der Waals surface area contributed by atoms with E-state index < -0.39 is 11.9 Å². The lowest BCUT2D eigenvalue weighted by Crippen LogP contribution is -2.49. The zero-order valence-electron chi connectivity index (χ0n) is 14.7. The number of nitrogens with one attached hydrogen (secondary N) is 1. The number of likely N-dealkylation sites (tertiary alicyclic amines) is 1. The van der Waals surface area contributed by atoms with Crippen molar-refractivity contribution in [3.63, 3.8) is 0 Å². The van der Waals surface area contributed by atoms with E-state index in [1.165, 1.54) is 11.3 Å². The molecule has 1 fully saturated rings. The standard InChI is InChI=1S/C19H21N3O4S/c20-17(23)12-26-14-6-3-5-13(11-14)21-18(24)15-7-1-2-9-22(15)19(25)16-8-4-10-27-16/h3-6,8,10-11,15H,1-2,7,9,12H2,(H2,20,23)(H,21,24)/t15-/m0/s1. The molecule has 1 aliphatic heterocycles. The highest BCUT2D eigenvalue weighted by Gasteiger charge is 2.33. The van der Waals surface area contributed by atoms with Crippen molar-refractivity contribution < 1.29 is 19.1 Å². The molecule has 3 rings (SSSR count). The monoisotopic (exact) mass is 387 g/mol. The highest BCUT2D eigenvalue weighted by atomic mass is 32.1. The van der Waals surface area contributed by atoms with Gasteiger partial charge in [0.05, 0.1) is 4.88 Å². The summed E-state index contributed by atoms with van der Waals surface area (Å²) in [6.45, 7) is 0.333. The van der Waals surface area contributed by atoms with Crippen LogP contribution in [0.1, 0.15) is 28.9 Å². The number of amides is 3. The van der Waals surface area contributed by atoms with E-state index in [2.05, 4.69) is 5.32 Å². The summed E-state index contributed by atoms with van der Waals surface area (Å²) in [6.07, 6.45) is 2.41. The normalized spacial score (nSPS) is 16.6. The molecule has 7 nitrogen and oxygen atoms in total. The van der Waals surface area contributed by atoms with Crippen LogP contribution in [0.15, 0.2) is 41.8 Å². The second-order valence-electron chi connectivity index (χ2n) is 6.26. The lowest BCUT2D eigenvalue weighted by Gasteiger charge is -2.34. The Labute approximate surface area is 161 Å². The number of nitrogens with two attached hydrogens (primary N) is 1.